The SMILES string of the molecule is CC(=O)N[C@@H](CC(=O)O)C(=O)N([C@H](C(=O)O)C(C)C)N1C(=O)N[C@@H](C(N=C(N)N)c2ccc([N+](=O)[O-])cc2)C1=O. The number of nitro groups is 1. The smallest absolute Gasteiger partial charge is 0.344 e. The monoisotopic (exact) mass is 564 g/mol. The van der Waals surface area contributed by atoms with Gasteiger partial charge in [-0.05, 0) is 23.6 Å². The third kappa shape index (κ3) is 6.97. The zero-order valence-corrected chi connectivity index (χ0v) is 21.5. The predicted molar refractivity (Wildman–Crippen MR) is 134 cm³/mol. The van der Waals surface area contributed by atoms with Crippen molar-refractivity contribution < 1.29 is 43.9 Å². The largest absolute Gasteiger partial charge is 0.481 e. The molecule has 0 aliphatic carbocycles. The molecule has 0 bridgehead atoms. The molecule has 1 aliphatic heterocycles. The highest BCUT2D eigenvalue weighted by molar-refractivity contribution is 6.07. The van der Waals surface area contributed by atoms with E-state index < -0.39 is 83.1 Å². The molecule has 1 fully saturated rings. The molecule has 216 valence electrons. The van der Waals surface area contributed by atoms with Gasteiger partial charge in [0.15, 0.2) is 12.0 Å². The Hall–Kier alpha value is -5.29. The standard InChI is InChI=1S/C22H28N8O10/c1-9(2)17(20(36)37)28(18(34)13(8-14(32)33)25-10(3)31)29-19(35)16(27-22(29)38)15(26-21(23)24)11-4-6-12(7-5-11)30(39)40/h4-7,9,13,15-17H,8H2,1-3H3,(H,25,31)(H,27,38)(H,32,33)(H,36,37)(H4,23,24,26)/t13-,15?,16-,17-/m0/s1. The molecule has 8 N–H and O–H groups in total. The highest BCUT2D eigenvalue weighted by atomic mass is 16.6. The van der Waals surface area contributed by atoms with E-state index in [1.165, 1.54) is 26.0 Å². The van der Waals surface area contributed by atoms with Crippen molar-refractivity contribution in [2.45, 2.75) is 51.4 Å². The number of urea groups is 1. The molecule has 40 heavy (non-hydrogen) atoms. The fourth-order valence-electron chi connectivity index (χ4n) is 4.01. The van der Waals surface area contributed by atoms with Crippen LogP contribution in [0.15, 0.2) is 29.3 Å². The van der Waals surface area contributed by atoms with E-state index in [-0.39, 0.29) is 21.3 Å². The van der Waals surface area contributed by atoms with Gasteiger partial charge in [-0.1, -0.05) is 13.8 Å². The molecule has 0 radical (unpaired) electrons. The maximum Gasteiger partial charge on any atom is 0.344 e. The number of carbonyl (C=O) groups is 6. The Morgan fingerprint density at radius 3 is 2.17 bits per heavy atom. The Morgan fingerprint density at radius 2 is 1.75 bits per heavy atom. The van der Waals surface area contributed by atoms with Gasteiger partial charge in [-0.15, -0.1) is 0 Å². The van der Waals surface area contributed by atoms with E-state index in [1.54, 1.807) is 0 Å². The van der Waals surface area contributed by atoms with Crippen molar-refractivity contribution in [2.24, 2.45) is 22.4 Å². The quantitative estimate of drug-likeness (QED) is 0.0565. The minimum Gasteiger partial charge on any atom is -0.481 e. The molecule has 0 saturated carbocycles. The Bertz CT molecular complexity index is 1230. The molecule has 0 aromatic heterocycles. The lowest BCUT2D eigenvalue weighted by Crippen LogP contribution is -2.63. The molecule has 2 rings (SSSR count). The Kier molecular flexibility index (Phi) is 9.67. The number of imide groups is 1. The summed E-state index contributed by atoms with van der Waals surface area (Å²) in [6.45, 7) is 3.73. The Balaban J connectivity index is 2.65. The lowest BCUT2D eigenvalue weighted by molar-refractivity contribution is -0.384. The lowest BCUT2D eigenvalue weighted by Gasteiger charge is -2.37. The molecule has 18 heteroatoms. The van der Waals surface area contributed by atoms with Gasteiger partial charge in [0.2, 0.25) is 5.91 Å². The number of non-ortho nitro benzene ring substituents is 1. The second-order valence-electron chi connectivity index (χ2n) is 8.99. The summed E-state index contributed by atoms with van der Waals surface area (Å²) in [6.07, 6.45) is -0.994. The first kappa shape index (κ1) is 30.9. The number of nitrogens with one attached hydrogen (secondary N) is 2. The van der Waals surface area contributed by atoms with Crippen LogP contribution in [-0.4, -0.2) is 84.9 Å². The van der Waals surface area contributed by atoms with Gasteiger partial charge in [-0.25, -0.2) is 19.6 Å². The summed E-state index contributed by atoms with van der Waals surface area (Å²) in [5, 5.41) is 35.0. The van der Waals surface area contributed by atoms with Gasteiger partial charge in [0.1, 0.15) is 18.1 Å². The number of aliphatic carboxylic acids is 2. The van der Waals surface area contributed by atoms with Crippen molar-refractivity contribution in [1.82, 2.24) is 20.7 Å². The van der Waals surface area contributed by atoms with Gasteiger partial charge in [-0.2, -0.15) is 5.01 Å². The van der Waals surface area contributed by atoms with Crippen molar-refractivity contribution in [3.63, 3.8) is 0 Å². The number of guanidine groups is 1. The van der Waals surface area contributed by atoms with Crippen molar-refractivity contribution in [3.05, 3.63) is 39.9 Å². The second-order valence-corrected chi connectivity index (χ2v) is 8.99. The van der Waals surface area contributed by atoms with E-state index in [4.69, 9.17) is 11.5 Å². The summed E-state index contributed by atoms with van der Waals surface area (Å²) in [6, 6.07) is -3.34. The average Bonchev–Trinajstić information content (AvgIpc) is 3.12. The molecule has 18 nitrogen and oxygen atoms in total. The number of hydrogen-bond acceptors (Lipinski definition) is 9. The minimum absolute atomic E-state index is 0.137. The number of aliphatic imine (C=N–C) groups is 1. The number of benzene rings is 1. The third-order valence-electron chi connectivity index (χ3n) is 5.64. The van der Waals surface area contributed by atoms with Crippen molar-refractivity contribution in [3.8, 4) is 0 Å². The molecule has 0 spiro atoms. The van der Waals surface area contributed by atoms with E-state index >= 15 is 0 Å². The summed E-state index contributed by atoms with van der Waals surface area (Å²) >= 11 is 0. The van der Waals surface area contributed by atoms with Crippen LogP contribution < -0.4 is 22.1 Å². The number of hydrogen-bond donors (Lipinski definition) is 6. The molecule has 1 saturated heterocycles. The van der Waals surface area contributed by atoms with E-state index in [2.05, 4.69) is 15.6 Å². The van der Waals surface area contributed by atoms with Crippen molar-refractivity contribution in [1.29, 1.82) is 0 Å². The normalized spacial score (nSPS) is 16.9. The predicted octanol–water partition coefficient (Wildman–Crippen LogP) is -1.34. The van der Waals surface area contributed by atoms with Crippen LogP contribution in [0.2, 0.25) is 0 Å². The number of hydrazine groups is 1. The van der Waals surface area contributed by atoms with E-state index in [9.17, 15) is 49.1 Å². The summed E-state index contributed by atoms with van der Waals surface area (Å²) in [7, 11) is 0. The Morgan fingerprint density at radius 1 is 1.18 bits per heavy atom. The number of carbonyl (C=O) groups excluding carboxylic acids is 4. The van der Waals surface area contributed by atoms with Gasteiger partial charge in [-0.3, -0.25) is 29.3 Å². The third-order valence-corrected chi connectivity index (χ3v) is 5.64. The zero-order valence-electron chi connectivity index (χ0n) is 21.5. The molecule has 1 aromatic rings. The van der Waals surface area contributed by atoms with Crippen LogP contribution in [0.3, 0.4) is 0 Å². The van der Waals surface area contributed by atoms with Gasteiger partial charge in [0.25, 0.3) is 17.5 Å². The number of rotatable bonds is 12. The Labute approximate surface area is 226 Å². The van der Waals surface area contributed by atoms with Crippen LogP contribution in [-0.2, 0) is 24.0 Å². The van der Waals surface area contributed by atoms with Crippen LogP contribution in [0.5, 0.6) is 0 Å². The van der Waals surface area contributed by atoms with E-state index in [0.29, 0.717) is 0 Å². The van der Waals surface area contributed by atoms with Gasteiger partial charge in [0.05, 0.1) is 11.3 Å². The molecule has 1 heterocycles. The van der Waals surface area contributed by atoms with E-state index in [1.807, 2.05) is 0 Å². The molecular formula is C22H28N8O10. The summed E-state index contributed by atoms with van der Waals surface area (Å²) in [4.78, 5) is 89.9. The molecule has 4 atom stereocenters. The van der Waals surface area contributed by atoms with Crippen LogP contribution >= 0.6 is 0 Å². The first-order chi connectivity index (χ1) is 18.6. The van der Waals surface area contributed by atoms with Gasteiger partial charge >= 0.3 is 18.0 Å². The first-order valence-electron chi connectivity index (χ1n) is 11.6. The number of carboxylic acids is 2. The summed E-state index contributed by atoms with van der Waals surface area (Å²) in [5.74, 6) is -8.03. The fourth-order valence-corrected chi connectivity index (χ4v) is 4.01. The van der Waals surface area contributed by atoms with Crippen LogP contribution in [0, 0.1) is 16.0 Å². The number of nitrogens with two attached hydrogens (primary N) is 2. The zero-order chi connectivity index (χ0) is 30.5. The van der Waals surface area contributed by atoms with Gasteiger partial charge in [0, 0.05) is 19.1 Å². The number of nitrogens with zero attached hydrogens (tertiary/aromatic N) is 4. The molecule has 1 aliphatic rings. The lowest BCUT2D eigenvalue weighted by atomic mass is 9.99. The first-order valence-corrected chi connectivity index (χ1v) is 11.6. The second kappa shape index (κ2) is 12.5. The van der Waals surface area contributed by atoms with Crippen molar-refractivity contribution in [2.75, 3.05) is 0 Å². The summed E-state index contributed by atoms with van der Waals surface area (Å²) < 4.78 is 0. The molecular weight excluding hydrogens is 536 g/mol. The van der Waals surface area contributed by atoms with Crippen LogP contribution in [0.25, 0.3) is 0 Å². The van der Waals surface area contributed by atoms with E-state index in [0.717, 1.165) is 19.1 Å². The minimum atomic E-state index is -1.87. The van der Waals surface area contributed by atoms with Crippen LogP contribution in [0.1, 0.15) is 38.8 Å². The van der Waals surface area contributed by atoms with Gasteiger partial charge < -0.3 is 32.3 Å². The van der Waals surface area contributed by atoms with Crippen molar-refractivity contribution >= 4 is 47.3 Å². The fraction of sp³-hybridized carbons (Fsp3) is 0.409. The average molecular weight is 565 g/mol. The molecule has 1 aromatic carbocycles. The summed E-state index contributed by atoms with van der Waals surface area (Å²) in [5.41, 5.74) is 10.8. The maximum absolute atomic E-state index is 13.6. The number of amides is 5. The molecule has 5 amide bonds. The van der Waals surface area contributed by atoms with Crippen LogP contribution in [0.4, 0.5) is 10.5 Å². The topological polar surface area (TPSA) is 281 Å². The highest BCUT2D eigenvalue weighted by Gasteiger charge is 2.52. The highest BCUT2D eigenvalue weighted by Crippen LogP contribution is 2.30. The number of nitro benzene ring substituents is 1. The molecule has 1 unspecified atom stereocenters. The number of carboxylic acid groups (broad SMARTS) is 2. The maximum atomic E-state index is 13.6.